The molecule has 1 heterocycles. The Kier molecular flexibility index (Phi) is 5.51. The Balaban J connectivity index is 2.25. The molecule has 1 aromatic carbocycles. The van der Waals surface area contributed by atoms with Crippen molar-refractivity contribution in [3.05, 3.63) is 23.3 Å². The average molecular weight is 330 g/mol. The standard InChI is InChI=1S/C16H21F3N2O2/c1-11-4-5-14(23-16(17,18)19)15(12(11)2)21-8-6-13(10-21)20-7-3-9-22/h4-5,22H,3,6-10H2,1-2H3. The van der Waals surface area contributed by atoms with Crippen LogP contribution in [0, 0.1) is 13.8 Å². The minimum atomic E-state index is -4.71. The number of ether oxygens (including phenoxy) is 1. The van der Waals surface area contributed by atoms with Gasteiger partial charge in [-0.15, -0.1) is 13.2 Å². The van der Waals surface area contributed by atoms with Crippen molar-refractivity contribution < 1.29 is 23.0 Å². The predicted octanol–water partition coefficient (Wildman–Crippen LogP) is 3.24. The number of aryl methyl sites for hydroxylation is 1. The molecule has 1 aliphatic rings. The van der Waals surface area contributed by atoms with Crippen LogP contribution in [0.5, 0.6) is 5.75 Å². The van der Waals surface area contributed by atoms with Crippen molar-refractivity contribution in [2.24, 2.45) is 4.99 Å². The maximum Gasteiger partial charge on any atom is 0.573 e. The number of hydrogen-bond acceptors (Lipinski definition) is 4. The molecule has 1 aliphatic heterocycles. The molecule has 1 aromatic rings. The second-order valence-electron chi connectivity index (χ2n) is 5.60. The van der Waals surface area contributed by atoms with Crippen molar-refractivity contribution in [3.63, 3.8) is 0 Å². The number of rotatable bonds is 5. The van der Waals surface area contributed by atoms with Crippen molar-refractivity contribution in [1.82, 2.24) is 0 Å². The lowest BCUT2D eigenvalue weighted by Gasteiger charge is -2.24. The van der Waals surface area contributed by atoms with Crippen LogP contribution in [0.1, 0.15) is 24.0 Å². The minimum Gasteiger partial charge on any atom is -0.404 e. The summed E-state index contributed by atoms with van der Waals surface area (Å²) in [6, 6.07) is 3.00. The van der Waals surface area contributed by atoms with Crippen LogP contribution in [0.2, 0.25) is 0 Å². The van der Waals surface area contributed by atoms with Crippen LogP contribution >= 0.6 is 0 Å². The largest absolute Gasteiger partial charge is 0.573 e. The van der Waals surface area contributed by atoms with E-state index in [9.17, 15) is 13.2 Å². The molecule has 0 spiro atoms. The topological polar surface area (TPSA) is 45.1 Å². The molecule has 128 valence electrons. The number of aliphatic hydroxyl groups is 1. The fourth-order valence-corrected chi connectivity index (χ4v) is 2.65. The minimum absolute atomic E-state index is 0.0844. The van der Waals surface area contributed by atoms with Crippen LogP contribution in [-0.2, 0) is 0 Å². The van der Waals surface area contributed by atoms with E-state index >= 15 is 0 Å². The monoisotopic (exact) mass is 330 g/mol. The highest BCUT2D eigenvalue weighted by atomic mass is 19.4. The fraction of sp³-hybridized carbons (Fsp3) is 0.562. The maximum absolute atomic E-state index is 12.6. The van der Waals surface area contributed by atoms with Gasteiger partial charge in [-0.3, -0.25) is 4.99 Å². The van der Waals surface area contributed by atoms with Gasteiger partial charge in [-0.2, -0.15) is 0 Å². The number of hydrogen-bond donors (Lipinski definition) is 1. The summed E-state index contributed by atoms with van der Waals surface area (Å²) in [4.78, 5) is 6.27. The van der Waals surface area contributed by atoms with E-state index in [-0.39, 0.29) is 12.4 Å². The zero-order chi connectivity index (χ0) is 17.0. The molecule has 1 saturated heterocycles. The summed E-state index contributed by atoms with van der Waals surface area (Å²) in [5.74, 6) is -0.169. The first-order chi connectivity index (χ1) is 10.8. The van der Waals surface area contributed by atoms with Gasteiger partial charge in [0.15, 0.2) is 5.75 Å². The highest BCUT2D eigenvalue weighted by molar-refractivity contribution is 5.93. The first kappa shape index (κ1) is 17.6. The van der Waals surface area contributed by atoms with E-state index in [1.165, 1.54) is 6.07 Å². The number of anilines is 1. The van der Waals surface area contributed by atoms with Crippen molar-refractivity contribution >= 4 is 11.4 Å². The van der Waals surface area contributed by atoms with Gasteiger partial charge in [0.1, 0.15) is 0 Å². The number of nitrogens with zero attached hydrogens (tertiary/aromatic N) is 2. The van der Waals surface area contributed by atoms with Gasteiger partial charge in [0.05, 0.1) is 12.2 Å². The summed E-state index contributed by atoms with van der Waals surface area (Å²) in [5.41, 5.74) is 3.12. The molecule has 0 atom stereocenters. The molecule has 4 nitrogen and oxygen atoms in total. The summed E-state index contributed by atoms with van der Waals surface area (Å²) >= 11 is 0. The molecule has 0 amide bonds. The number of alkyl halides is 3. The van der Waals surface area contributed by atoms with Gasteiger partial charge >= 0.3 is 6.36 Å². The van der Waals surface area contributed by atoms with E-state index in [1.807, 2.05) is 11.8 Å². The molecule has 0 saturated carbocycles. The third-order valence-corrected chi connectivity index (χ3v) is 3.90. The lowest BCUT2D eigenvalue weighted by molar-refractivity contribution is -0.274. The number of aliphatic imine (C=N–C) groups is 1. The molecule has 0 aromatic heterocycles. The first-order valence-corrected chi connectivity index (χ1v) is 7.56. The van der Waals surface area contributed by atoms with Crippen LogP contribution in [0.4, 0.5) is 18.9 Å². The highest BCUT2D eigenvalue weighted by Gasteiger charge is 2.34. The van der Waals surface area contributed by atoms with Crippen molar-refractivity contribution in [1.29, 1.82) is 0 Å². The van der Waals surface area contributed by atoms with Crippen molar-refractivity contribution in [2.45, 2.75) is 33.1 Å². The van der Waals surface area contributed by atoms with Gasteiger partial charge in [0, 0.05) is 31.8 Å². The molecule has 0 aliphatic carbocycles. The number of aliphatic hydroxyl groups excluding tert-OH is 1. The molecule has 23 heavy (non-hydrogen) atoms. The Morgan fingerprint density at radius 3 is 2.70 bits per heavy atom. The molecular formula is C16H21F3N2O2. The summed E-state index contributed by atoms with van der Waals surface area (Å²) in [7, 11) is 0. The molecular weight excluding hydrogens is 309 g/mol. The number of benzene rings is 1. The van der Waals surface area contributed by atoms with Crippen LogP contribution < -0.4 is 9.64 Å². The van der Waals surface area contributed by atoms with Crippen molar-refractivity contribution in [3.8, 4) is 5.75 Å². The van der Waals surface area contributed by atoms with Gasteiger partial charge in [0.2, 0.25) is 0 Å². The third-order valence-electron chi connectivity index (χ3n) is 3.90. The van der Waals surface area contributed by atoms with Crippen LogP contribution in [0.15, 0.2) is 17.1 Å². The lowest BCUT2D eigenvalue weighted by atomic mass is 10.1. The van der Waals surface area contributed by atoms with Gasteiger partial charge in [-0.1, -0.05) is 6.07 Å². The average Bonchev–Trinajstić information content (AvgIpc) is 2.90. The summed E-state index contributed by atoms with van der Waals surface area (Å²) in [5, 5.41) is 8.78. The van der Waals surface area contributed by atoms with Crippen LogP contribution in [-0.4, -0.2) is 43.4 Å². The van der Waals surface area contributed by atoms with E-state index in [4.69, 9.17) is 5.11 Å². The van der Waals surface area contributed by atoms with E-state index in [0.29, 0.717) is 38.2 Å². The molecule has 1 N–H and O–H groups in total. The number of halogens is 3. The first-order valence-electron chi connectivity index (χ1n) is 7.56. The predicted molar refractivity (Wildman–Crippen MR) is 83.4 cm³/mol. The second kappa shape index (κ2) is 7.21. The molecule has 0 radical (unpaired) electrons. The van der Waals surface area contributed by atoms with Gasteiger partial charge in [-0.25, -0.2) is 0 Å². The van der Waals surface area contributed by atoms with Gasteiger partial charge in [0.25, 0.3) is 0 Å². The Labute approximate surface area is 133 Å². The zero-order valence-electron chi connectivity index (χ0n) is 13.3. The smallest absolute Gasteiger partial charge is 0.404 e. The molecule has 0 unspecified atom stereocenters. The molecule has 2 rings (SSSR count). The van der Waals surface area contributed by atoms with Crippen molar-refractivity contribution in [2.75, 3.05) is 31.1 Å². The van der Waals surface area contributed by atoms with Gasteiger partial charge in [-0.05, 0) is 37.5 Å². The lowest BCUT2D eigenvalue weighted by Crippen LogP contribution is -2.24. The summed E-state index contributed by atoms with van der Waals surface area (Å²) in [6.45, 7) is 5.39. The Hall–Kier alpha value is -1.76. The van der Waals surface area contributed by atoms with E-state index in [1.54, 1.807) is 13.0 Å². The maximum atomic E-state index is 12.6. The Morgan fingerprint density at radius 2 is 2.04 bits per heavy atom. The molecule has 0 bridgehead atoms. The van der Waals surface area contributed by atoms with Gasteiger partial charge < -0.3 is 14.7 Å². The molecule has 1 fully saturated rings. The second-order valence-corrected chi connectivity index (χ2v) is 5.60. The normalized spacial score (nSPS) is 17.1. The SMILES string of the molecule is Cc1ccc(OC(F)(F)F)c(N2CCC(=NCCCO)C2)c1C. The summed E-state index contributed by atoms with van der Waals surface area (Å²) in [6.07, 6.45) is -3.41. The van der Waals surface area contributed by atoms with E-state index in [0.717, 1.165) is 16.8 Å². The van der Waals surface area contributed by atoms with E-state index in [2.05, 4.69) is 9.73 Å². The summed E-state index contributed by atoms with van der Waals surface area (Å²) < 4.78 is 42.1. The Morgan fingerprint density at radius 1 is 1.30 bits per heavy atom. The Bertz CT molecular complexity index is 585. The zero-order valence-corrected chi connectivity index (χ0v) is 13.3. The quantitative estimate of drug-likeness (QED) is 0.843. The highest BCUT2D eigenvalue weighted by Crippen LogP contribution is 2.38. The fourth-order valence-electron chi connectivity index (χ4n) is 2.65. The van der Waals surface area contributed by atoms with Crippen LogP contribution in [0.25, 0.3) is 0 Å². The molecule has 7 heteroatoms. The third kappa shape index (κ3) is 4.60. The van der Waals surface area contributed by atoms with Crippen LogP contribution in [0.3, 0.4) is 0 Å². The van der Waals surface area contributed by atoms with E-state index < -0.39 is 6.36 Å².